The van der Waals surface area contributed by atoms with Crippen LogP contribution in [0, 0.1) is 12.8 Å². The van der Waals surface area contributed by atoms with Gasteiger partial charge in [-0.1, -0.05) is 0 Å². The standard InChI is InChI=1S/C11H19N3S/c1-9-13-11(8-15-9)7-14-4-2-3-10(5-12)6-14/h8,10H,2-7,12H2,1H3. The summed E-state index contributed by atoms with van der Waals surface area (Å²) in [6.07, 6.45) is 2.58. The van der Waals surface area contributed by atoms with E-state index in [2.05, 4.69) is 22.2 Å². The highest BCUT2D eigenvalue weighted by Crippen LogP contribution is 2.18. The van der Waals surface area contributed by atoms with E-state index in [9.17, 15) is 0 Å². The van der Waals surface area contributed by atoms with Crippen molar-refractivity contribution in [3.63, 3.8) is 0 Å². The average molecular weight is 225 g/mol. The first-order valence-corrected chi connectivity index (χ1v) is 6.49. The fraction of sp³-hybridized carbons (Fsp3) is 0.727. The normalized spacial score (nSPS) is 23.2. The van der Waals surface area contributed by atoms with E-state index in [0.717, 1.165) is 24.6 Å². The number of aryl methyl sites for hydroxylation is 1. The Morgan fingerprint density at radius 2 is 2.53 bits per heavy atom. The molecule has 2 N–H and O–H groups in total. The number of piperidine rings is 1. The molecule has 0 aliphatic carbocycles. The van der Waals surface area contributed by atoms with Crippen molar-refractivity contribution < 1.29 is 0 Å². The molecule has 1 aromatic heterocycles. The number of hydrogen-bond donors (Lipinski definition) is 1. The predicted octanol–water partition coefficient (Wildman–Crippen LogP) is 1.62. The molecule has 2 rings (SSSR count). The molecular weight excluding hydrogens is 206 g/mol. The van der Waals surface area contributed by atoms with Gasteiger partial charge in [0.2, 0.25) is 0 Å². The molecule has 1 saturated heterocycles. The van der Waals surface area contributed by atoms with Crippen molar-refractivity contribution in [1.82, 2.24) is 9.88 Å². The zero-order valence-corrected chi connectivity index (χ0v) is 10.1. The van der Waals surface area contributed by atoms with Crippen molar-refractivity contribution >= 4 is 11.3 Å². The fourth-order valence-corrected chi connectivity index (χ4v) is 2.80. The molecule has 4 heteroatoms. The maximum atomic E-state index is 5.72. The minimum Gasteiger partial charge on any atom is -0.330 e. The predicted molar refractivity (Wildman–Crippen MR) is 63.9 cm³/mol. The van der Waals surface area contributed by atoms with Crippen molar-refractivity contribution in [2.75, 3.05) is 19.6 Å². The highest BCUT2D eigenvalue weighted by atomic mass is 32.1. The minimum absolute atomic E-state index is 0.693. The van der Waals surface area contributed by atoms with Gasteiger partial charge in [0.15, 0.2) is 0 Å². The van der Waals surface area contributed by atoms with Gasteiger partial charge in [-0.25, -0.2) is 4.98 Å². The van der Waals surface area contributed by atoms with Crippen molar-refractivity contribution in [2.24, 2.45) is 11.7 Å². The molecule has 0 saturated carbocycles. The molecule has 1 aliphatic rings. The number of nitrogens with zero attached hydrogens (tertiary/aromatic N) is 2. The molecule has 1 unspecified atom stereocenters. The molecular formula is C11H19N3S. The van der Waals surface area contributed by atoms with E-state index >= 15 is 0 Å². The SMILES string of the molecule is Cc1nc(CN2CCCC(CN)C2)cs1. The Hall–Kier alpha value is -0.450. The molecule has 0 amide bonds. The highest BCUT2D eigenvalue weighted by Gasteiger charge is 2.19. The van der Waals surface area contributed by atoms with Crippen LogP contribution in [0.5, 0.6) is 0 Å². The highest BCUT2D eigenvalue weighted by molar-refractivity contribution is 7.09. The molecule has 2 heterocycles. The molecule has 1 fully saturated rings. The van der Waals surface area contributed by atoms with E-state index in [4.69, 9.17) is 5.73 Å². The first kappa shape index (κ1) is 11.0. The second kappa shape index (κ2) is 5.05. The van der Waals surface area contributed by atoms with Crippen LogP contribution in [0.4, 0.5) is 0 Å². The largest absolute Gasteiger partial charge is 0.330 e. The van der Waals surface area contributed by atoms with Gasteiger partial charge in [0.05, 0.1) is 10.7 Å². The summed E-state index contributed by atoms with van der Waals surface area (Å²) in [7, 11) is 0. The molecule has 0 aromatic carbocycles. The molecule has 84 valence electrons. The van der Waals surface area contributed by atoms with Gasteiger partial charge < -0.3 is 5.73 Å². The lowest BCUT2D eigenvalue weighted by atomic mass is 9.98. The zero-order valence-electron chi connectivity index (χ0n) is 9.28. The molecule has 0 radical (unpaired) electrons. The van der Waals surface area contributed by atoms with Crippen molar-refractivity contribution in [2.45, 2.75) is 26.3 Å². The topological polar surface area (TPSA) is 42.2 Å². The summed E-state index contributed by atoms with van der Waals surface area (Å²) in [6, 6.07) is 0. The van der Waals surface area contributed by atoms with E-state index < -0.39 is 0 Å². The van der Waals surface area contributed by atoms with Crippen LogP contribution in [0.1, 0.15) is 23.5 Å². The smallest absolute Gasteiger partial charge is 0.0897 e. The number of aromatic nitrogens is 1. The summed E-state index contributed by atoms with van der Waals surface area (Å²) in [6.45, 7) is 6.24. The van der Waals surface area contributed by atoms with Gasteiger partial charge in [0.1, 0.15) is 0 Å². The quantitative estimate of drug-likeness (QED) is 0.850. The second-order valence-corrected chi connectivity index (χ2v) is 5.40. The van der Waals surface area contributed by atoms with Crippen LogP contribution in [0.3, 0.4) is 0 Å². The van der Waals surface area contributed by atoms with Crippen molar-refractivity contribution in [3.8, 4) is 0 Å². The van der Waals surface area contributed by atoms with Gasteiger partial charge in [-0.3, -0.25) is 4.90 Å². The van der Waals surface area contributed by atoms with E-state index in [1.165, 1.54) is 25.1 Å². The number of hydrogen-bond acceptors (Lipinski definition) is 4. The maximum absolute atomic E-state index is 5.72. The molecule has 0 spiro atoms. The zero-order chi connectivity index (χ0) is 10.7. The summed E-state index contributed by atoms with van der Waals surface area (Å²) in [5, 5.41) is 3.33. The third kappa shape index (κ3) is 3.00. The number of rotatable bonds is 3. The Balaban J connectivity index is 1.88. The van der Waals surface area contributed by atoms with Gasteiger partial charge in [-0.05, 0) is 38.8 Å². The van der Waals surface area contributed by atoms with Crippen molar-refractivity contribution in [1.29, 1.82) is 0 Å². The number of thiazole rings is 1. The van der Waals surface area contributed by atoms with E-state index in [1.807, 2.05) is 0 Å². The Morgan fingerprint density at radius 3 is 3.20 bits per heavy atom. The summed E-state index contributed by atoms with van der Waals surface area (Å²) in [5.74, 6) is 0.693. The summed E-state index contributed by atoms with van der Waals surface area (Å²) in [4.78, 5) is 6.98. The van der Waals surface area contributed by atoms with Gasteiger partial charge in [0.25, 0.3) is 0 Å². The lowest BCUT2D eigenvalue weighted by Crippen LogP contribution is -2.37. The maximum Gasteiger partial charge on any atom is 0.0897 e. The van der Waals surface area contributed by atoms with E-state index in [-0.39, 0.29) is 0 Å². The minimum atomic E-state index is 0.693. The molecule has 1 aliphatic heterocycles. The monoisotopic (exact) mass is 225 g/mol. The Labute approximate surface area is 95.3 Å². The summed E-state index contributed by atoms with van der Waals surface area (Å²) < 4.78 is 0. The van der Waals surface area contributed by atoms with Crippen LogP contribution in [0.25, 0.3) is 0 Å². The molecule has 1 atom stereocenters. The summed E-state index contributed by atoms with van der Waals surface area (Å²) >= 11 is 1.74. The van der Waals surface area contributed by atoms with E-state index in [1.54, 1.807) is 11.3 Å². The van der Waals surface area contributed by atoms with Gasteiger partial charge in [-0.15, -0.1) is 11.3 Å². The lowest BCUT2D eigenvalue weighted by Gasteiger charge is -2.31. The van der Waals surface area contributed by atoms with Gasteiger partial charge >= 0.3 is 0 Å². The Bertz CT molecular complexity index is 311. The Kier molecular flexibility index (Phi) is 3.72. The molecule has 1 aromatic rings. The average Bonchev–Trinajstić information content (AvgIpc) is 2.64. The van der Waals surface area contributed by atoms with Gasteiger partial charge in [-0.2, -0.15) is 0 Å². The molecule has 0 bridgehead atoms. The lowest BCUT2D eigenvalue weighted by molar-refractivity contribution is 0.169. The number of nitrogens with two attached hydrogens (primary N) is 1. The number of likely N-dealkylation sites (tertiary alicyclic amines) is 1. The first-order chi connectivity index (χ1) is 7.28. The van der Waals surface area contributed by atoms with E-state index in [0.29, 0.717) is 5.92 Å². The third-order valence-corrected chi connectivity index (χ3v) is 3.81. The fourth-order valence-electron chi connectivity index (χ4n) is 2.20. The van der Waals surface area contributed by atoms with Gasteiger partial charge in [0, 0.05) is 18.5 Å². The molecule has 3 nitrogen and oxygen atoms in total. The van der Waals surface area contributed by atoms with Crippen molar-refractivity contribution in [3.05, 3.63) is 16.1 Å². The third-order valence-electron chi connectivity index (χ3n) is 2.99. The second-order valence-electron chi connectivity index (χ2n) is 4.34. The van der Waals surface area contributed by atoms with Crippen LogP contribution in [-0.2, 0) is 6.54 Å². The summed E-state index contributed by atoms with van der Waals surface area (Å²) in [5.41, 5.74) is 6.94. The van der Waals surface area contributed by atoms with Crippen LogP contribution in [0.15, 0.2) is 5.38 Å². The van der Waals surface area contributed by atoms with Crippen LogP contribution in [-0.4, -0.2) is 29.5 Å². The van der Waals surface area contributed by atoms with Crippen LogP contribution in [0.2, 0.25) is 0 Å². The van der Waals surface area contributed by atoms with Crippen LogP contribution < -0.4 is 5.73 Å². The Morgan fingerprint density at radius 1 is 1.67 bits per heavy atom. The first-order valence-electron chi connectivity index (χ1n) is 5.61. The molecule has 15 heavy (non-hydrogen) atoms. The van der Waals surface area contributed by atoms with Crippen LogP contribution >= 0.6 is 11.3 Å².